The average molecular weight is 318 g/mol. The SMILES string of the molecule is Cc1cnc(C(C)NS(=O)(=O)c2ccc(Cl)nc2)s1. The summed E-state index contributed by atoms with van der Waals surface area (Å²) in [5.74, 6) is 0. The molecule has 0 aromatic carbocycles. The van der Waals surface area contributed by atoms with Crippen molar-refractivity contribution in [3.8, 4) is 0 Å². The second-order valence-electron chi connectivity index (χ2n) is 3.97. The number of hydrogen-bond donors (Lipinski definition) is 1. The third-order valence-electron chi connectivity index (χ3n) is 2.35. The van der Waals surface area contributed by atoms with Crippen molar-refractivity contribution in [3.05, 3.63) is 39.6 Å². The molecule has 0 aliphatic rings. The fourth-order valence-corrected chi connectivity index (χ4v) is 3.56. The number of rotatable bonds is 4. The number of halogens is 1. The minimum Gasteiger partial charge on any atom is -0.248 e. The Labute approximate surface area is 120 Å². The highest BCUT2D eigenvalue weighted by molar-refractivity contribution is 7.89. The number of aromatic nitrogens is 2. The highest BCUT2D eigenvalue weighted by Crippen LogP contribution is 2.21. The van der Waals surface area contributed by atoms with E-state index in [0.717, 1.165) is 9.88 Å². The maximum atomic E-state index is 12.1. The molecule has 8 heteroatoms. The maximum absolute atomic E-state index is 12.1. The van der Waals surface area contributed by atoms with Crippen LogP contribution in [0, 0.1) is 6.92 Å². The third-order valence-corrected chi connectivity index (χ3v) is 5.20. The molecule has 0 radical (unpaired) electrons. The van der Waals surface area contributed by atoms with Crippen LogP contribution in [-0.4, -0.2) is 18.4 Å². The number of sulfonamides is 1. The van der Waals surface area contributed by atoms with Gasteiger partial charge in [0.05, 0.1) is 6.04 Å². The average Bonchev–Trinajstić information content (AvgIpc) is 2.76. The van der Waals surface area contributed by atoms with Crippen LogP contribution < -0.4 is 4.72 Å². The van der Waals surface area contributed by atoms with Crippen LogP contribution in [0.3, 0.4) is 0 Å². The summed E-state index contributed by atoms with van der Waals surface area (Å²) in [5.41, 5.74) is 0. The Hall–Kier alpha value is -1.02. The molecule has 0 aliphatic heterocycles. The summed E-state index contributed by atoms with van der Waals surface area (Å²) in [5, 5.41) is 0.977. The first-order valence-electron chi connectivity index (χ1n) is 5.45. The summed E-state index contributed by atoms with van der Waals surface area (Å²) in [4.78, 5) is 9.04. The Balaban J connectivity index is 2.19. The molecule has 2 heterocycles. The van der Waals surface area contributed by atoms with Crippen LogP contribution in [-0.2, 0) is 10.0 Å². The summed E-state index contributed by atoms with van der Waals surface area (Å²) in [7, 11) is -3.62. The summed E-state index contributed by atoms with van der Waals surface area (Å²) >= 11 is 7.09. The Kier molecular flexibility index (Phi) is 4.19. The molecule has 0 saturated heterocycles. The van der Waals surface area contributed by atoms with Crippen molar-refractivity contribution >= 4 is 33.0 Å². The van der Waals surface area contributed by atoms with E-state index in [-0.39, 0.29) is 16.1 Å². The number of thiazole rings is 1. The number of hydrogen-bond acceptors (Lipinski definition) is 5. The zero-order valence-electron chi connectivity index (χ0n) is 10.3. The van der Waals surface area contributed by atoms with Gasteiger partial charge in [0.1, 0.15) is 15.1 Å². The van der Waals surface area contributed by atoms with E-state index in [0.29, 0.717) is 0 Å². The molecular weight excluding hydrogens is 306 g/mol. The van der Waals surface area contributed by atoms with Crippen LogP contribution in [0.5, 0.6) is 0 Å². The van der Waals surface area contributed by atoms with E-state index in [9.17, 15) is 8.42 Å². The van der Waals surface area contributed by atoms with E-state index in [1.807, 2.05) is 6.92 Å². The molecule has 5 nitrogen and oxygen atoms in total. The summed E-state index contributed by atoms with van der Waals surface area (Å²) in [6, 6.07) is 2.46. The molecule has 0 fully saturated rings. The van der Waals surface area contributed by atoms with Gasteiger partial charge in [0.25, 0.3) is 0 Å². The van der Waals surface area contributed by atoms with Gasteiger partial charge in [0.15, 0.2) is 0 Å². The van der Waals surface area contributed by atoms with Crippen LogP contribution in [0.25, 0.3) is 0 Å². The fraction of sp³-hybridized carbons (Fsp3) is 0.273. The van der Waals surface area contributed by atoms with Gasteiger partial charge in [-0.05, 0) is 26.0 Å². The minimum absolute atomic E-state index is 0.0806. The Morgan fingerprint density at radius 1 is 1.32 bits per heavy atom. The van der Waals surface area contributed by atoms with Gasteiger partial charge >= 0.3 is 0 Å². The Bertz CT molecular complexity index is 668. The quantitative estimate of drug-likeness (QED) is 0.880. The minimum atomic E-state index is -3.62. The number of aryl methyl sites for hydroxylation is 1. The van der Waals surface area contributed by atoms with E-state index >= 15 is 0 Å². The lowest BCUT2D eigenvalue weighted by atomic mass is 10.4. The molecule has 2 aromatic heterocycles. The van der Waals surface area contributed by atoms with Crippen molar-refractivity contribution in [3.63, 3.8) is 0 Å². The van der Waals surface area contributed by atoms with Gasteiger partial charge in [-0.1, -0.05) is 11.6 Å². The first-order chi connectivity index (χ1) is 8.88. The van der Waals surface area contributed by atoms with Gasteiger partial charge in [-0.15, -0.1) is 11.3 Å². The lowest BCUT2D eigenvalue weighted by Gasteiger charge is -2.11. The highest BCUT2D eigenvalue weighted by Gasteiger charge is 2.20. The van der Waals surface area contributed by atoms with Crippen LogP contribution in [0.2, 0.25) is 5.15 Å². The monoisotopic (exact) mass is 317 g/mol. The number of pyridine rings is 1. The molecule has 2 aromatic rings. The Morgan fingerprint density at radius 2 is 2.05 bits per heavy atom. The topological polar surface area (TPSA) is 72.0 Å². The molecule has 102 valence electrons. The molecule has 0 bridgehead atoms. The predicted molar refractivity (Wildman–Crippen MR) is 74.8 cm³/mol. The molecule has 0 aliphatic carbocycles. The van der Waals surface area contributed by atoms with Crippen molar-refractivity contribution in [1.29, 1.82) is 0 Å². The summed E-state index contributed by atoms with van der Waals surface area (Å²) in [6.07, 6.45) is 2.94. The molecule has 0 amide bonds. The van der Waals surface area contributed by atoms with E-state index in [1.54, 1.807) is 13.1 Å². The molecule has 1 unspecified atom stereocenters. The third kappa shape index (κ3) is 3.50. The highest BCUT2D eigenvalue weighted by atomic mass is 35.5. The molecule has 0 spiro atoms. The van der Waals surface area contributed by atoms with Gasteiger partial charge in [-0.3, -0.25) is 0 Å². The van der Waals surface area contributed by atoms with E-state index in [4.69, 9.17) is 11.6 Å². The van der Waals surface area contributed by atoms with Crippen LogP contribution in [0.15, 0.2) is 29.4 Å². The van der Waals surface area contributed by atoms with Crippen molar-refractivity contribution in [2.24, 2.45) is 0 Å². The van der Waals surface area contributed by atoms with E-state index in [1.165, 1.54) is 29.7 Å². The summed E-state index contributed by atoms with van der Waals surface area (Å²) < 4.78 is 26.8. The second-order valence-corrected chi connectivity index (χ2v) is 7.34. The van der Waals surface area contributed by atoms with Crippen molar-refractivity contribution in [1.82, 2.24) is 14.7 Å². The van der Waals surface area contributed by atoms with Crippen molar-refractivity contribution in [2.75, 3.05) is 0 Å². The first kappa shape index (κ1) is 14.4. The van der Waals surface area contributed by atoms with Gasteiger partial charge in [-0.25, -0.2) is 23.1 Å². The standard InChI is InChI=1S/C11H12ClN3O2S2/c1-7-5-14-11(18-7)8(2)15-19(16,17)9-3-4-10(12)13-6-9/h3-6,8,15H,1-2H3. The molecular formula is C11H12ClN3O2S2. The lowest BCUT2D eigenvalue weighted by molar-refractivity contribution is 0.566. The number of nitrogens with zero attached hydrogens (tertiary/aromatic N) is 2. The van der Waals surface area contributed by atoms with E-state index < -0.39 is 10.0 Å². The van der Waals surface area contributed by atoms with Gasteiger partial charge < -0.3 is 0 Å². The van der Waals surface area contributed by atoms with Crippen LogP contribution >= 0.6 is 22.9 Å². The normalized spacial score (nSPS) is 13.4. The van der Waals surface area contributed by atoms with Crippen molar-refractivity contribution < 1.29 is 8.42 Å². The lowest BCUT2D eigenvalue weighted by Crippen LogP contribution is -2.26. The molecule has 1 N–H and O–H groups in total. The molecule has 1 atom stereocenters. The fourth-order valence-electron chi connectivity index (χ4n) is 1.44. The first-order valence-corrected chi connectivity index (χ1v) is 8.12. The maximum Gasteiger partial charge on any atom is 0.242 e. The smallest absolute Gasteiger partial charge is 0.242 e. The predicted octanol–water partition coefficient (Wildman–Crippen LogP) is 2.54. The zero-order chi connectivity index (χ0) is 14.0. The zero-order valence-corrected chi connectivity index (χ0v) is 12.7. The van der Waals surface area contributed by atoms with Gasteiger partial charge in [0.2, 0.25) is 10.0 Å². The van der Waals surface area contributed by atoms with E-state index in [2.05, 4.69) is 14.7 Å². The molecule has 19 heavy (non-hydrogen) atoms. The van der Waals surface area contributed by atoms with Gasteiger partial charge in [0, 0.05) is 17.3 Å². The number of nitrogens with one attached hydrogen (secondary N) is 1. The summed E-state index contributed by atoms with van der Waals surface area (Å²) in [6.45, 7) is 3.67. The van der Waals surface area contributed by atoms with Gasteiger partial charge in [-0.2, -0.15) is 0 Å². The Morgan fingerprint density at radius 3 is 2.58 bits per heavy atom. The molecule has 2 rings (SSSR count). The van der Waals surface area contributed by atoms with Crippen LogP contribution in [0.4, 0.5) is 0 Å². The largest absolute Gasteiger partial charge is 0.248 e. The van der Waals surface area contributed by atoms with Crippen LogP contribution in [0.1, 0.15) is 22.9 Å². The molecule has 0 saturated carbocycles. The second kappa shape index (κ2) is 5.54. The van der Waals surface area contributed by atoms with Crippen molar-refractivity contribution in [2.45, 2.75) is 24.8 Å².